The highest BCUT2D eigenvalue weighted by atomic mass is 32.1. The minimum atomic E-state index is -0.291. The zero-order valence-corrected chi connectivity index (χ0v) is 18.5. The van der Waals surface area contributed by atoms with Gasteiger partial charge in [0.05, 0.1) is 23.2 Å². The highest BCUT2D eigenvalue weighted by Gasteiger charge is 2.30. The number of amides is 1. The van der Waals surface area contributed by atoms with E-state index in [0.717, 1.165) is 41.4 Å². The van der Waals surface area contributed by atoms with Gasteiger partial charge >= 0.3 is 0 Å². The van der Waals surface area contributed by atoms with E-state index in [1.54, 1.807) is 25.1 Å². The molecule has 164 valence electrons. The van der Waals surface area contributed by atoms with E-state index in [9.17, 15) is 14.3 Å². The number of halogens is 1. The zero-order valence-electron chi connectivity index (χ0n) is 17.7. The van der Waals surface area contributed by atoms with Gasteiger partial charge in [0.2, 0.25) is 0 Å². The topological polar surface area (TPSA) is 90.0 Å². The summed E-state index contributed by atoms with van der Waals surface area (Å²) in [7, 11) is 0. The van der Waals surface area contributed by atoms with Crippen LogP contribution in [0.2, 0.25) is 0 Å². The fraction of sp³-hybridized carbons (Fsp3) is 0.391. The van der Waals surface area contributed by atoms with Crippen LogP contribution in [-0.4, -0.2) is 33.6 Å². The summed E-state index contributed by atoms with van der Waals surface area (Å²) >= 11 is 1.44. The number of aromatic nitrogens is 2. The molecule has 0 saturated carbocycles. The van der Waals surface area contributed by atoms with Crippen molar-refractivity contribution in [3.8, 4) is 11.3 Å². The van der Waals surface area contributed by atoms with Gasteiger partial charge in [-0.25, -0.2) is 9.37 Å². The van der Waals surface area contributed by atoms with Gasteiger partial charge in [0.1, 0.15) is 16.5 Å². The number of aryl methyl sites for hydroxylation is 2. The summed E-state index contributed by atoms with van der Waals surface area (Å²) in [5, 5.41) is 17.0. The second-order valence-electron chi connectivity index (χ2n) is 7.98. The van der Waals surface area contributed by atoms with Gasteiger partial charge in [-0.3, -0.25) is 4.79 Å². The Balaban J connectivity index is 1.57. The van der Waals surface area contributed by atoms with E-state index < -0.39 is 0 Å². The number of piperidine rings is 1. The van der Waals surface area contributed by atoms with Crippen LogP contribution in [0.3, 0.4) is 0 Å². The number of aliphatic hydroxyl groups is 1. The van der Waals surface area contributed by atoms with Crippen LogP contribution in [0.1, 0.15) is 56.9 Å². The number of rotatable bonds is 6. The molecule has 1 amide bonds. The first-order valence-electron chi connectivity index (χ1n) is 10.5. The molecule has 2 aromatic heterocycles. The Morgan fingerprint density at radius 2 is 2.16 bits per heavy atom. The molecule has 1 fully saturated rings. The Morgan fingerprint density at radius 3 is 2.84 bits per heavy atom. The summed E-state index contributed by atoms with van der Waals surface area (Å²) in [5.74, 6) is -0.519. The van der Waals surface area contributed by atoms with Crippen LogP contribution in [0.5, 0.6) is 0 Å². The van der Waals surface area contributed by atoms with E-state index in [1.165, 1.54) is 17.4 Å². The van der Waals surface area contributed by atoms with Crippen LogP contribution in [-0.2, 0) is 6.61 Å². The van der Waals surface area contributed by atoms with Gasteiger partial charge < -0.3 is 20.7 Å². The summed E-state index contributed by atoms with van der Waals surface area (Å²) in [6.45, 7) is 4.43. The molecule has 0 unspecified atom stereocenters. The summed E-state index contributed by atoms with van der Waals surface area (Å²) in [6.07, 6.45) is 3.15. The summed E-state index contributed by atoms with van der Waals surface area (Å²) in [4.78, 5) is 21.6. The molecule has 1 aliphatic rings. The van der Waals surface area contributed by atoms with Gasteiger partial charge in [0.15, 0.2) is 0 Å². The van der Waals surface area contributed by atoms with E-state index in [2.05, 4.69) is 20.6 Å². The predicted molar refractivity (Wildman–Crippen MR) is 120 cm³/mol. The van der Waals surface area contributed by atoms with Crippen LogP contribution < -0.4 is 10.6 Å². The normalized spacial score (nSPS) is 17.5. The molecule has 1 aliphatic heterocycles. The van der Waals surface area contributed by atoms with Gasteiger partial charge in [0, 0.05) is 17.3 Å². The summed E-state index contributed by atoms with van der Waals surface area (Å²) in [5.41, 5.74) is 3.16. The second kappa shape index (κ2) is 9.30. The first-order chi connectivity index (χ1) is 15.0. The molecule has 1 saturated heterocycles. The molecular formula is C23H27FN4O2S. The Hall–Kier alpha value is -2.55. The number of H-pyrrole nitrogens is 1. The van der Waals surface area contributed by atoms with Crippen molar-refractivity contribution in [3.63, 3.8) is 0 Å². The third-order valence-corrected chi connectivity index (χ3v) is 6.99. The summed E-state index contributed by atoms with van der Waals surface area (Å²) < 4.78 is 13.9. The standard InChI is InChI=1S/C23H27FN4O2S/c1-13-6-7-15(11-16(13)24)17-8-9-19(27-17)22(30)28-21(18-5-3-4-10-25-18)23-26-14(2)20(12-29)31-23/h6-9,11,18,21,25,27,29H,3-5,10,12H2,1-2H3,(H,28,30)/t18-,21-/m0/s1. The van der Waals surface area contributed by atoms with Crippen molar-refractivity contribution in [1.29, 1.82) is 0 Å². The molecule has 0 spiro atoms. The van der Waals surface area contributed by atoms with E-state index >= 15 is 0 Å². The third-order valence-electron chi connectivity index (χ3n) is 5.77. The molecule has 4 N–H and O–H groups in total. The Morgan fingerprint density at radius 1 is 1.32 bits per heavy atom. The third kappa shape index (κ3) is 4.71. The lowest BCUT2D eigenvalue weighted by Gasteiger charge is -2.30. The molecule has 0 bridgehead atoms. The minimum absolute atomic E-state index is 0.0602. The zero-order chi connectivity index (χ0) is 22.0. The number of benzene rings is 1. The molecule has 3 aromatic rings. The maximum Gasteiger partial charge on any atom is 0.268 e. The maximum absolute atomic E-state index is 13.9. The van der Waals surface area contributed by atoms with E-state index in [-0.39, 0.29) is 30.4 Å². The van der Waals surface area contributed by atoms with Crippen molar-refractivity contribution in [1.82, 2.24) is 20.6 Å². The maximum atomic E-state index is 13.9. The molecule has 4 rings (SSSR count). The van der Waals surface area contributed by atoms with E-state index in [4.69, 9.17) is 0 Å². The van der Waals surface area contributed by atoms with Gasteiger partial charge in [-0.15, -0.1) is 11.3 Å². The molecule has 3 heterocycles. The van der Waals surface area contributed by atoms with Crippen molar-refractivity contribution in [2.45, 2.75) is 51.8 Å². The Bertz CT molecular complexity index is 1070. The number of carbonyl (C=O) groups is 1. The average Bonchev–Trinajstić information content (AvgIpc) is 3.41. The van der Waals surface area contributed by atoms with Crippen molar-refractivity contribution in [3.05, 3.63) is 63.0 Å². The monoisotopic (exact) mass is 442 g/mol. The molecule has 0 aliphatic carbocycles. The van der Waals surface area contributed by atoms with E-state index in [0.29, 0.717) is 22.5 Å². The molecular weight excluding hydrogens is 415 g/mol. The fourth-order valence-electron chi connectivity index (χ4n) is 3.90. The lowest BCUT2D eigenvalue weighted by Crippen LogP contribution is -2.46. The molecule has 31 heavy (non-hydrogen) atoms. The first-order valence-corrected chi connectivity index (χ1v) is 11.3. The number of hydrogen-bond acceptors (Lipinski definition) is 5. The number of carbonyl (C=O) groups excluding carboxylic acids is 1. The van der Waals surface area contributed by atoms with E-state index in [1.807, 2.05) is 13.0 Å². The van der Waals surface area contributed by atoms with Crippen LogP contribution in [0.4, 0.5) is 4.39 Å². The second-order valence-corrected chi connectivity index (χ2v) is 9.09. The van der Waals surface area contributed by atoms with Gasteiger partial charge in [-0.2, -0.15) is 0 Å². The number of nitrogens with one attached hydrogen (secondary N) is 3. The van der Waals surface area contributed by atoms with Crippen molar-refractivity contribution >= 4 is 17.2 Å². The van der Waals surface area contributed by atoms with Crippen LogP contribution >= 0.6 is 11.3 Å². The Kier molecular flexibility index (Phi) is 6.50. The molecule has 1 aromatic carbocycles. The number of aliphatic hydroxyl groups excluding tert-OH is 1. The number of thiazole rings is 1. The van der Waals surface area contributed by atoms with Crippen molar-refractivity contribution in [2.75, 3.05) is 6.54 Å². The van der Waals surface area contributed by atoms with Crippen LogP contribution in [0.25, 0.3) is 11.3 Å². The van der Waals surface area contributed by atoms with Gasteiger partial charge in [-0.1, -0.05) is 18.6 Å². The number of aromatic amines is 1. The SMILES string of the molecule is Cc1ccc(-c2ccc(C(=O)N[C@H](c3nc(C)c(CO)s3)[C@@H]3CCCCN3)[nH]2)cc1F. The average molecular weight is 443 g/mol. The minimum Gasteiger partial charge on any atom is -0.391 e. The molecule has 2 atom stereocenters. The van der Waals surface area contributed by atoms with Crippen molar-refractivity contribution < 1.29 is 14.3 Å². The quantitative estimate of drug-likeness (QED) is 0.465. The lowest BCUT2D eigenvalue weighted by atomic mass is 9.98. The molecule has 0 radical (unpaired) electrons. The first kappa shape index (κ1) is 21.7. The van der Waals surface area contributed by atoms with Crippen LogP contribution in [0, 0.1) is 19.7 Å². The molecule has 8 heteroatoms. The number of hydrogen-bond donors (Lipinski definition) is 4. The lowest BCUT2D eigenvalue weighted by molar-refractivity contribution is 0.0918. The highest BCUT2D eigenvalue weighted by Crippen LogP contribution is 2.29. The van der Waals surface area contributed by atoms with Crippen LogP contribution in [0.15, 0.2) is 30.3 Å². The molecule has 6 nitrogen and oxygen atoms in total. The largest absolute Gasteiger partial charge is 0.391 e. The highest BCUT2D eigenvalue weighted by molar-refractivity contribution is 7.11. The van der Waals surface area contributed by atoms with Gasteiger partial charge in [-0.05, 0) is 57.0 Å². The van der Waals surface area contributed by atoms with Gasteiger partial charge in [0.25, 0.3) is 5.91 Å². The number of nitrogens with zero attached hydrogens (tertiary/aromatic N) is 1. The predicted octanol–water partition coefficient (Wildman–Crippen LogP) is 4.00. The summed E-state index contributed by atoms with van der Waals surface area (Å²) in [6, 6.07) is 8.29. The Labute approximate surface area is 184 Å². The fourth-order valence-corrected chi connectivity index (χ4v) is 4.95. The van der Waals surface area contributed by atoms with Crippen molar-refractivity contribution in [2.24, 2.45) is 0 Å². The smallest absolute Gasteiger partial charge is 0.268 e.